The Kier molecular flexibility index (Phi) is 3.88. The molecule has 4 N–H and O–H groups in total. The van der Waals surface area contributed by atoms with Crippen LogP contribution < -0.4 is 11.1 Å². The fraction of sp³-hybridized carbons (Fsp3) is 0.333. The summed E-state index contributed by atoms with van der Waals surface area (Å²) < 4.78 is 0. The van der Waals surface area contributed by atoms with Gasteiger partial charge in [-0.15, -0.1) is 11.8 Å². The van der Waals surface area contributed by atoms with Crippen molar-refractivity contribution in [3.63, 3.8) is 0 Å². The number of aliphatic carboxylic acids is 1. The van der Waals surface area contributed by atoms with Gasteiger partial charge >= 0.3 is 5.97 Å². The number of benzene rings is 1. The number of carboxylic acid groups (broad SMARTS) is 1. The Balaban J connectivity index is 2.08. The van der Waals surface area contributed by atoms with Crippen LogP contribution in [0, 0.1) is 0 Å². The van der Waals surface area contributed by atoms with Crippen molar-refractivity contribution in [3.05, 3.63) is 23.8 Å². The molecule has 2 rings (SSSR count). The number of thioether (sulfide) groups is 1. The molecule has 0 spiro atoms. The van der Waals surface area contributed by atoms with Crippen LogP contribution in [0.2, 0.25) is 0 Å². The summed E-state index contributed by atoms with van der Waals surface area (Å²) >= 11 is 1.50. The number of nitrogens with two attached hydrogens (primary N) is 1. The van der Waals surface area contributed by atoms with Crippen molar-refractivity contribution in [1.82, 2.24) is 0 Å². The van der Waals surface area contributed by atoms with E-state index in [4.69, 9.17) is 10.8 Å². The van der Waals surface area contributed by atoms with Crippen LogP contribution in [0.25, 0.3) is 0 Å². The van der Waals surface area contributed by atoms with Crippen LogP contribution in [-0.4, -0.2) is 28.8 Å². The highest BCUT2D eigenvalue weighted by atomic mass is 32.2. The molecule has 1 aliphatic rings. The first-order valence-corrected chi connectivity index (χ1v) is 6.56. The molecule has 1 atom stereocenters. The second kappa shape index (κ2) is 5.41. The van der Waals surface area contributed by atoms with Crippen molar-refractivity contribution < 1.29 is 14.7 Å². The van der Waals surface area contributed by atoms with E-state index < -0.39 is 12.0 Å². The van der Waals surface area contributed by atoms with Gasteiger partial charge in [0.05, 0.1) is 17.9 Å². The molecule has 96 valence electrons. The molecule has 0 fully saturated rings. The number of nitrogens with one attached hydrogen (secondary N) is 1. The maximum atomic E-state index is 11.3. The lowest BCUT2D eigenvalue weighted by molar-refractivity contribution is -0.137. The molecule has 1 aliphatic heterocycles. The molecule has 1 amide bonds. The van der Waals surface area contributed by atoms with Gasteiger partial charge in [0.1, 0.15) is 0 Å². The highest BCUT2D eigenvalue weighted by Crippen LogP contribution is 2.32. The summed E-state index contributed by atoms with van der Waals surface area (Å²) in [6.07, 6.45) is 0.429. The Hall–Kier alpha value is -1.53. The van der Waals surface area contributed by atoms with Crippen molar-refractivity contribution in [2.24, 2.45) is 5.73 Å². The molecule has 0 bridgehead atoms. The van der Waals surface area contributed by atoms with Crippen molar-refractivity contribution in [2.45, 2.75) is 23.8 Å². The molecule has 18 heavy (non-hydrogen) atoms. The first kappa shape index (κ1) is 12.9. The van der Waals surface area contributed by atoms with Gasteiger partial charge in [-0.3, -0.25) is 9.59 Å². The molecule has 0 aromatic heterocycles. The molecule has 0 aliphatic carbocycles. The summed E-state index contributed by atoms with van der Waals surface area (Å²) in [6, 6.07) is 5.31. The largest absolute Gasteiger partial charge is 0.481 e. The third kappa shape index (κ3) is 3.24. The van der Waals surface area contributed by atoms with Crippen molar-refractivity contribution in [1.29, 1.82) is 0 Å². The zero-order chi connectivity index (χ0) is 13.1. The van der Waals surface area contributed by atoms with Crippen LogP contribution in [0.4, 0.5) is 5.69 Å². The summed E-state index contributed by atoms with van der Waals surface area (Å²) in [7, 11) is 0. The van der Waals surface area contributed by atoms with E-state index in [1.54, 1.807) is 0 Å². The van der Waals surface area contributed by atoms with Crippen molar-refractivity contribution in [3.8, 4) is 0 Å². The van der Waals surface area contributed by atoms with E-state index in [2.05, 4.69) is 5.32 Å². The van der Waals surface area contributed by atoms with E-state index in [1.807, 2.05) is 18.2 Å². The van der Waals surface area contributed by atoms with E-state index in [1.165, 1.54) is 11.8 Å². The minimum Gasteiger partial charge on any atom is -0.481 e. The van der Waals surface area contributed by atoms with Crippen LogP contribution in [-0.2, 0) is 16.0 Å². The van der Waals surface area contributed by atoms with Gasteiger partial charge in [0.15, 0.2) is 0 Å². The zero-order valence-corrected chi connectivity index (χ0v) is 10.5. The number of fused-ring (bicyclic) bond motifs is 1. The van der Waals surface area contributed by atoms with Crippen LogP contribution in [0.5, 0.6) is 0 Å². The number of carbonyl (C=O) groups excluding carboxylic acids is 1. The summed E-state index contributed by atoms with van der Waals surface area (Å²) in [5.74, 6) is -0.478. The molecule has 0 saturated heterocycles. The van der Waals surface area contributed by atoms with Gasteiger partial charge in [-0.2, -0.15) is 0 Å². The molecular formula is C12H14N2O3S. The molecule has 1 aromatic rings. The highest BCUT2D eigenvalue weighted by molar-refractivity contribution is 8.00. The molecule has 0 saturated carbocycles. The Morgan fingerprint density at radius 1 is 1.56 bits per heavy atom. The molecule has 1 aromatic carbocycles. The fourth-order valence-corrected chi connectivity index (χ4v) is 2.64. The molecule has 6 heteroatoms. The van der Waals surface area contributed by atoms with Crippen molar-refractivity contribution >= 4 is 29.3 Å². The molecular weight excluding hydrogens is 252 g/mol. The maximum Gasteiger partial charge on any atom is 0.304 e. The lowest BCUT2D eigenvalue weighted by atomic mass is 10.0. The Morgan fingerprint density at radius 2 is 2.33 bits per heavy atom. The van der Waals surface area contributed by atoms with Gasteiger partial charge in [-0.05, 0) is 24.1 Å². The smallest absolute Gasteiger partial charge is 0.304 e. The molecule has 1 heterocycles. The second-order valence-electron chi connectivity index (χ2n) is 4.23. The lowest BCUT2D eigenvalue weighted by Gasteiger charge is -2.18. The zero-order valence-electron chi connectivity index (χ0n) is 9.68. The first-order chi connectivity index (χ1) is 8.54. The normalized spacial score (nSPS) is 15.7. The van der Waals surface area contributed by atoms with Gasteiger partial charge in [0.2, 0.25) is 5.91 Å². The van der Waals surface area contributed by atoms with E-state index >= 15 is 0 Å². The number of rotatable bonds is 4. The summed E-state index contributed by atoms with van der Waals surface area (Å²) in [5.41, 5.74) is 7.46. The monoisotopic (exact) mass is 266 g/mol. The highest BCUT2D eigenvalue weighted by Gasteiger charge is 2.16. The van der Waals surface area contributed by atoms with E-state index in [0.29, 0.717) is 12.2 Å². The SMILES string of the molecule is NC(CC(=O)O)Cc1ccc2c(c1)NC(=O)CS2. The average molecular weight is 266 g/mol. The van der Waals surface area contributed by atoms with E-state index in [0.717, 1.165) is 16.1 Å². The number of carbonyl (C=O) groups is 2. The Labute approximate surface area is 109 Å². The maximum absolute atomic E-state index is 11.3. The summed E-state index contributed by atoms with van der Waals surface area (Å²) in [5, 5.41) is 11.4. The first-order valence-electron chi connectivity index (χ1n) is 5.57. The predicted octanol–water partition coefficient (Wildman–Crippen LogP) is 1.08. The van der Waals surface area contributed by atoms with Crippen LogP contribution in [0.3, 0.4) is 0 Å². The van der Waals surface area contributed by atoms with Gasteiger partial charge in [-0.25, -0.2) is 0 Å². The van der Waals surface area contributed by atoms with E-state index in [9.17, 15) is 9.59 Å². The minimum atomic E-state index is -0.899. The molecule has 1 unspecified atom stereocenters. The van der Waals surface area contributed by atoms with Gasteiger partial charge in [0.25, 0.3) is 0 Å². The topological polar surface area (TPSA) is 92.4 Å². The van der Waals surface area contributed by atoms with Crippen molar-refractivity contribution in [2.75, 3.05) is 11.1 Å². The minimum absolute atomic E-state index is 0.0144. The lowest BCUT2D eigenvalue weighted by Crippen LogP contribution is -2.26. The third-order valence-corrected chi connectivity index (χ3v) is 3.69. The van der Waals surface area contributed by atoms with Crippen LogP contribution in [0.1, 0.15) is 12.0 Å². The average Bonchev–Trinajstić information content (AvgIpc) is 2.27. The second-order valence-corrected chi connectivity index (χ2v) is 5.25. The summed E-state index contributed by atoms with van der Waals surface area (Å²) in [4.78, 5) is 22.8. The number of amides is 1. The van der Waals surface area contributed by atoms with Crippen LogP contribution >= 0.6 is 11.8 Å². The number of hydrogen-bond acceptors (Lipinski definition) is 4. The van der Waals surface area contributed by atoms with Gasteiger partial charge in [0, 0.05) is 10.9 Å². The third-order valence-electron chi connectivity index (χ3n) is 2.61. The van der Waals surface area contributed by atoms with Gasteiger partial charge < -0.3 is 16.2 Å². The fourth-order valence-electron chi connectivity index (χ4n) is 1.86. The number of anilines is 1. The van der Waals surface area contributed by atoms with Gasteiger partial charge in [-0.1, -0.05) is 6.07 Å². The molecule has 0 radical (unpaired) electrons. The molecule has 5 nitrogen and oxygen atoms in total. The Bertz CT molecular complexity index is 490. The standard InChI is InChI=1S/C12H14N2O3S/c13-8(5-12(16)17)3-7-1-2-10-9(4-7)14-11(15)6-18-10/h1-2,4,8H,3,5-6,13H2,(H,14,15)(H,16,17). The summed E-state index contributed by atoms with van der Waals surface area (Å²) in [6.45, 7) is 0. The Morgan fingerprint density at radius 3 is 3.06 bits per heavy atom. The quantitative estimate of drug-likeness (QED) is 0.758. The number of carboxylic acids is 1. The van der Waals surface area contributed by atoms with Crippen LogP contribution in [0.15, 0.2) is 23.1 Å². The predicted molar refractivity (Wildman–Crippen MR) is 69.7 cm³/mol. The van der Waals surface area contributed by atoms with E-state index in [-0.39, 0.29) is 12.3 Å². The number of hydrogen-bond donors (Lipinski definition) is 3.